The summed E-state index contributed by atoms with van der Waals surface area (Å²) in [5, 5.41) is 16.6. The van der Waals surface area contributed by atoms with E-state index in [1.54, 1.807) is 0 Å². The number of ether oxygens (including phenoxy) is 1. The Labute approximate surface area is 192 Å². The molecule has 0 spiro atoms. The van der Waals surface area contributed by atoms with Gasteiger partial charge < -0.3 is 15.4 Å². The zero-order valence-electron chi connectivity index (χ0n) is 16.6. The molecule has 2 N–H and O–H groups in total. The van der Waals surface area contributed by atoms with Crippen LogP contribution in [-0.4, -0.2) is 51.6 Å². The number of carbonyl (C=O) groups is 1. The fourth-order valence-corrected chi connectivity index (χ4v) is 4.16. The number of unbranched alkanes of at least 4 members (excludes halogenated alkanes) is 1. The van der Waals surface area contributed by atoms with E-state index in [0.29, 0.717) is 29.7 Å². The number of nitrogens with zero attached hydrogens (tertiary/aromatic N) is 4. The Kier molecular flexibility index (Phi) is 8.95. The van der Waals surface area contributed by atoms with E-state index in [1.165, 1.54) is 37.7 Å². The van der Waals surface area contributed by atoms with Gasteiger partial charge >= 0.3 is 6.03 Å². The number of anilines is 1. The number of halogens is 2. The predicted octanol–water partition coefficient (Wildman–Crippen LogP) is 3.87. The molecule has 1 atom stereocenters. The van der Waals surface area contributed by atoms with Crippen LogP contribution in [0.2, 0.25) is 5.28 Å². The smallest absolute Gasteiger partial charge is 0.349 e. The lowest BCUT2D eigenvalue weighted by molar-refractivity contribution is -0.385. The van der Waals surface area contributed by atoms with Gasteiger partial charge in [0.2, 0.25) is 5.28 Å². The highest BCUT2D eigenvalue weighted by molar-refractivity contribution is 9.10. The molecule has 2 aromatic rings. The minimum Gasteiger partial charge on any atom is -0.492 e. The van der Waals surface area contributed by atoms with Crippen molar-refractivity contribution in [3.63, 3.8) is 0 Å². The van der Waals surface area contributed by atoms with Gasteiger partial charge in [0.05, 0.1) is 36.7 Å². The van der Waals surface area contributed by atoms with Crippen LogP contribution in [0, 0.1) is 10.1 Å². The maximum atomic E-state index is 12.9. The van der Waals surface area contributed by atoms with Crippen molar-refractivity contribution in [2.75, 3.05) is 31.8 Å². The molecule has 0 saturated carbocycles. The molecule has 1 unspecified atom stereocenters. The third-order valence-electron chi connectivity index (χ3n) is 3.85. The van der Waals surface area contributed by atoms with E-state index in [4.69, 9.17) is 16.3 Å². The van der Waals surface area contributed by atoms with Gasteiger partial charge in [-0.15, -0.1) is 4.36 Å². The standard InChI is InChI=1S/C17H20BrClN6O5S/c1-20-17(26)24-31(2,29)14-6-5-11(25(27)28)9-13(14)30-8-4-3-7-21-15-12(18)10-22-16(19)23-15/h5-6,9-10H,3-4,7-8H2,1-2H3,(H,20,26)(H,21,22,23). The minimum atomic E-state index is -3.17. The van der Waals surface area contributed by atoms with Crippen LogP contribution < -0.4 is 15.4 Å². The van der Waals surface area contributed by atoms with Gasteiger partial charge in [-0.25, -0.2) is 14.0 Å². The molecule has 1 aromatic carbocycles. The van der Waals surface area contributed by atoms with Gasteiger partial charge in [-0.1, -0.05) is 0 Å². The number of nitro groups is 1. The molecule has 0 aliphatic rings. The third kappa shape index (κ3) is 7.29. The van der Waals surface area contributed by atoms with Crippen molar-refractivity contribution in [1.82, 2.24) is 15.3 Å². The van der Waals surface area contributed by atoms with E-state index in [9.17, 15) is 19.1 Å². The van der Waals surface area contributed by atoms with Gasteiger partial charge in [-0.3, -0.25) is 10.1 Å². The largest absolute Gasteiger partial charge is 0.492 e. The summed E-state index contributed by atoms with van der Waals surface area (Å²) in [5.74, 6) is 0.607. The highest BCUT2D eigenvalue weighted by Gasteiger charge is 2.19. The Balaban J connectivity index is 2.04. The maximum Gasteiger partial charge on any atom is 0.349 e. The van der Waals surface area contributed by atoms with Crippen LogP contribution in [0.15, 0.2) is 38.1 Å². The van der Waals surface area contributed by atoms with Crippen molar-refractivity contribution in [2.45, 2.75) is 17.7 Å². The molecule has 14 heteroatoms. The number of hydrogen-bond acceptors (Lipinski definition) is 8. The first-order valence-corrected chi connectivity index (χ1v) is 12.0. The van der Waals surface area contributed by atoms with Crippen LogP contribution in [0.25, 0.3) is 0 Å². The molecule has 2 rings (SSSR count). The molecule has 1 aromatic heterocycles. The molecular weight excluding hydrogens is 516 g/mol. The quantitative estimate of drug-likeness (QED) is 0.213. The van der Waals surface area contributed by atoms with Gasteiger partial charge in [-0.2, -0.15) is 4.98 Å². The summed E-state index contributed by atoms with van der Waals surface area (Å²) in [4.78, 5) is 30.1. The first-order valence-electron chi connectivity index (χ1n) is 8.91. The SMILES string of the molecule is CNC(=O)N=S(C)(=O)c1ccc([N+](=O)[O-])cc1OCCCCNc1nc(Cl)ncc1Br. The molecule has 11 nitrogen and oxygen atoms in total. The van der Waals surface area contributed by atoms with Crippen molar-refractivity contribution < 1.29 is 18.7 Å². The maximum absolute atomic E-state index is 12.9. The monoisotopic (exact) mass is 534 g/mol. The number of urea groups is 1. The van der Waals surface area contributed by atoms with Gasteiger partial charge in [0.25, 0.3) is 5.69 Å². The van der Waals surface area contributed by atoms with Crippen molar-refractivity contribution in [2.24, 2.45) is 4.36 Å². The molecule has 0 fully saturated rings. The van der Waals surface area contributed by atoms with Crippen LogP contribution in [0.4, 0.5) is 16.3 Å². The van der Waals surface area contributed by atoms with Gasteiger partial charge in [0.1, 0.15) is 11.6 Å². The van der Waals surface area contributed by atoms with Gasteiger partial charge in [0.15, 0.2) is 0 Å². The highest BCUT2D eigenvalue weighted by Crippen LogP contribution is 2.30. The summed E-state index contributed by atoms with van der Waals surface area (Å²) in [6.45, 7) is 0.769. The average molecular weight is 536 g/mol. The second kappa shape index (κ2) is 11.2. The lowest BCUT2D eigenvalue weighted by Crippen LogP contribution is -2.16. The van der Waals surface area contributed by atoms with Crippen LogP contribution in [0.1, 0.15) is 12.8 Å². The number of hydrogen-bond donors (Lipinski definition) is 2. The number of non-ortho nitro benzene ring substituents is 1. The molecule has 0 aliphatic carbocycles. The van der Waals surface area contributed by atoms with Gasteiger partial charge in [0, 0.05) is 32.1 Å². The summed E-state index contributed by atoms with van der Waals surface area (Å²) in [5.41, 5.74) is -0.221. The van der Waals surface area contributed by atoms with E-state index in [1.807, 2.05) is 0 Å². The molecule has 0 bridgehead atoms. The summed E-state index contributed by atoms with van der Waals surface area (Å²) < 4.78 is 22.9. The van der Waals surface area contributed by atoms with E-state index < -0.39 is 20.7 Å². The van der Waals surface area contributed by atoms with E-state index >= 15 is 0 Å². The van der Waals surface area contributed by atoms with Crippen LogP contribution >= 0.6 is 27.5 Å². The molecule has 31 heavy (non-hydrogen) atoms. The molecule has 0 radical (unpaired) electrons. The second-order valence-electron chi connectivity index (χ2n) is 6.16. The third-order valence-corrected chi connectivity index (χ3v) is 6.28. The molecule has 2 amide bonds. The molecular formula is C17H20BrClN6O5S. The Hall–Kier alpha value is -2.51. The zero-order valence-corrected chi connectivity index (χ0v) is 19.8. The van der Waals surface area contributed by atoms with Crippen molar-refractivity contribution in [3.05, 3.63) is 44.3 Å². The zero-order chi connectivity index (χ0) is 23.0. The Bertz CT molecular complexity index is 1090. The number of rotatable bonds is 9. The minimum absolute atomic E-state index is 0.0487. The Morgan fingerprint density at radius 3 is 2.84 bits per heavy atom. The Morgan fingerprint density at radius 2 is 2.16 bits per heavy atom. The second-order valence-corrected chi connectivity index (χ2v) is 9.57. The number of carbonyl (C=O) groups excluding carboxylic acids is 1. The highest BCUT2D eigenvalue weighted by atomic mass is 79.9. The molecule has 0 aliphatic heterocycles. The van der Waals surface area contributed by atoms with Gasteiger partial charge in [-0.05, 0) is 46.4 Å². The van der Waals surface area contributed by atoms with Crippen molar-refractivity contribution in [1.29, 1.82) is 0 Å². The lowest BCUT2D eigenvalue weighted by atomic mass is 10.3. The van der Waals surface area contributed by atoms with E-state index in [0.717, 1.165) is 0 Å². The fourth-order valence-electron chi connectivity index (χ4n) is 2.37. The molecule has 168 valence electrons. The van der Waals surface area contributed by atoms with Crippen molar-refractivity contribution in [3.8, 4) is 5.75 Å². The van der Waals surface area contributed by atoms with Crippen molar-refractivity contribution >= 4 is 54.8 Å². The fraction of sp³-hybridized carbons (Fsp3) is 0.353. The summed E-state index contributed by atoms with van der Waals surface area (Å²) in [6.07, 6.45) is 4.08. The normalized spacial score (nSPS) is 12.5. The molecule has 1 heterocycles. The topological polar surface area (TPSA) is 149 Å². The Morgan fingerprint density at radius 1 is 1.42 bits per heavy atom. The first kappa shape index (κ1) is 24.8. The summed E-state index contributed by atoms with van der Waals surface area (Å²) in [6, 6.07) is 2.90. The molecule has 0 saturated heterocycles. The van der Waals surface area contributed by atoms with Crippen LogP contribution in [0.3, 0.4) is 0 Å². The summed E-state index contributed by atoms with van der Waals surface area (Å²) >= 11 is 9.09. The number of nitro benzene ring substituents is 1. The number of benzene rings is 1. The number of nitrogens with one attached hydrogen (secondary N) is 2. The average Bonchev–Trinajstić information content (AvgIpc) is 2.72. The van der Waals surface area contributed by atoms with E-state index in [-0.39, 0.29) is 28.2 Å². The lowest BCUT2D eigenvalue weighted by Gasteiger charge is -2.13. The number of amides is 2. The summed E-state index contributed by atoms with van der Waals surface area (Å²) in [7, 11) is -1.81. The predicted molar refractivity (Wildman–Crippen MR) is 120 cm³/mol. The first-order chi connectivity index (χ1) is 14.6. The van der Waals surface area contributed by atoms with E-state index in [2.05, 4.69) is 40.9 Å². The number of aromatic nitrogens is 2. The van der Waals surface area contributed by atoms with Crippen LogP contribution in [0.5, 0.6) is 5.75 Å². The van der Waals surface area contributed by atoms with Crippen LogP contribution in [-0.2, 0) is 9.73 Å².